The van der Waals surface area contributed by atoms with E-state index >= 15 is 0 Å². The number of nitrogens with zero attached hydrogens (tertiary/aromatic N) is 1. The van der Waals surface area contributed by atoms with Gasteiger partial charge in [-0.3, -0.25) is 0 Å². The van der Waals surface area contributed by atoms with Crippen LogP contribution < -0.4 is 5.32 Å². The zero-order chi connectivity index (χ0) is 14.5. The van der Waals surface area contributed by atoms with Crippen molar-refractivity contribution >= 4 is 23.8 Å². The first kappa shape index (κ1) is 16.1. The smallest absolute Gasteiger partial charge is 0.329 e. The van der Waals surface area contributed by atoms with Crippen molar-refractivity contribution in [3.05, 3.63) is 0 Å². The first-order valence-electron chi connectivity index (χ1n) is 6.82. The normalized spacial score (nSPS) is 17.3. The predicted octanol–water partition coefficient (Wildman–Crippen LogP) is 2.17. The Morgan fingerprint density at radius 1 is 1.32 bits per heavy atom. The molecular formula is C13H24N2O3S. The van der Waals surface area contributed by atoms with Gasteiger partial charge in [0.2, 0.25) is 0 Å². The van der Waals surface area contributed by atoms with Gasteiger partial charge >= 0.3 is 12.0 Å². The van der Waals surface area contributed by atoms with E-state index < -0.39 is 11.5 Å². The first-order chi connectivity index (χ1) is 8.99. The molecule has 6 heteroatoms. The Balaban J connectivity index is 2.61. The summed E-state index contributed by atoms with van der Waals surface area (Å²) in [6, 6.07) is -0.245. The van der Waals surface area contributed by atoms with Crippen molar-refractivity contribution in [2.24, 2.45) is 0 Å². The van der Waals surface area contributed by atoms with Gasteiger partial charge in [0, 0.05) is 18.3 Å². The monoisotopic (exact) mass is 288 g/mol. The van der Waals surface area contributed by atoms with E-state index in [0.29, 0.717) is 31.2 Å². The molecule has 1 aliphatic heterocycles. The van der Waals surface area contributed by atoms with Gasteiger partial charge in [0.15, 0.2) is 0 Å². The van der Waals surface area contributed by atoms with Crippen LogP contribution in [0.1, 0.15) is 39.5 Å². The molecule has 1 fully saturated rings. The fourth-order valence-electron chi connectivity index (χ4n) is 2.36. The second-order valence-corrected chi connectivity index (χ2v) is 6.08. The van der Waals surface area contributed by atoms with Gasteiger partial charge < -0.3 is 15.3 Å². The second kappa shape index (κ2) is 7.03. The van der Waals surface area contributed by atoms with Gasteiger partial charge in [-0.2, -0.15) is 11.8 Å². The van der Waals surface area contributed by atoms with Crippen molar-refractivity contribution in [2.75, 3.05) is 19.3 Å². The van der Waals surface area contributed by atoms with E-state index in [2.05, 4.69) is 11.6 Å². The Bertz CT molecular complexity index is 324. The number of nitrogens with one attached hydrogen (secondary N) is 1. The average Bonchev–Trinajstić information content (AvgIpc) is 2.44. The van der Waals surface area contributed by atoms with Crippen LogP contribution in [0.2, 0.25) is 0 Å². The van der Waals surface area contributed by atoms with Gasteiger partial charge in [-0.25, -0.2) is 9.59 Å². The summed E-state index contributed by atoms with van der Waals surface area (Å²) in [6.45, 7) is 5.00. The van der Waals surface area contributed by atoms with Crippen LogP contribution in [0.15, 0.2) is 0 Å². The molecule has 1 rings (SSSR count). The maximum absolute atomic E-state index is 12.2. The molecule has 0 aliphatic carbocycles. The van der Waals surface area contributed by atoms with Crippen molar-refractivity contribution in [2.45, 2.75) is 50.3 Å². The number of piperidine rings is 1. The molecule has 0 saturated carbocycles. The predicted molar refractivity (Wildman–Crippen MR) is 77.6 cm³/mol. The minimum atomic E-state index is -1.13. The second-order valence-electron chi connectivity index (χ2n) is 4.95. The minimum absolute atomic E-state index is 0.245. The molecule has 110 valence electrons. The fraction of sp³-hybridized carbons (Fsp3) is 0.846. The zero-order valence-electron chi connectivity index (χ0n) is 11.9. The van der Waals surface area contributed by atoms with Crippen molar-refractivity contribution in [3.8, 4) is 0 Å². The molecule has 0 bridgehead atoms. The van der Waals surface area contributed by atoms with Gasteiger partial charge in [0.1, 0.15) is 5.54 Å². The van der Waals surface area contributed by atoms with E-state index in [1.165, 1.54) is 0 Å². The van der Waals surface area contributed by atoms with Gasteiger partial charge in [0.25, 0.3) is 0 Å². The number of carbonyl (C=O) groups is 2. The summed E-state index contributed by atoms with van der Waals surface area (Å²) in [5, 5.41) is 12.6. The standard InChI is InChI=1S/C13H24N2O3S/c1-4-13(5-2,11(16)17)14-12(18)15-8-6-10(19-3)7-9-15/h10H,4-9H2,1-3H3,(H,14,18)(H,16,17). The van der Waals surface area contributed by atoms with E-state index in [9.17, 15) is 14.7 Å². The van der Waals surface area contributed by atoms with E-state index in [0.717, 1.165) is 12.8 Å². The number of carboxylic acid groups (broad SMARTS) is 1. The van der Waals surface area contributed by atoms with E-state index in [-0.39, 0.29) is 6.03 Å². The number of aliphatic carboxylic acids is 1. The maximum atomic E-state index is 12.2. The Morgan fingerprint density at radius 3 is 2.21 bits per heavy atom. The molecule has 2 N–H and O–H groups in total. The number of urea groups is 1. The molecular weight excluding hydrogens is 264 g/mol. The van der Waals surface area contributed by atoms with Crippen LogP contribution >= 0.6 is 11.8 Å². The molecule has 0 aromatic heterocycles. The number of carboxylic acids is 1. The molecule has 1 aliphatic rings. The van der Waals surface area contributed by atoms with Crippen molar-refractivity contribution in [1.29, 1.82) is 0 Å². The highest BCUT2D eigenvalue weighted by Crippen LogP contribution is 2.22. The Kier molecular flexibility index (Phi) is 5.97. The Hall–Kier alpha value is -0.910. The highest BCUT2D eigenvalue weighted by molar-refractivity contribution is 7.99. The minimum Gasteiger partial charge on any atom is -0.480 e. The van der Waals surface area contributed by atoms with E-state index in [4.69, 9.17) is 0 Å². The molecule has 5 nitrogen and oxygen atoms in total. The van der Waals surface area contributed by atoms with Crippen LogP contribution in [0.25, 0.3) is 0 Å². The SMILES string of the molecule is CCC(CC)(NC(=O)N1CCC(SC)CC1)C(=O)O. The molecule has 1 saturated heterocycles. The third-order valence-electron chi connectivity index (χ3n) is 4.03. The third-order valence-corrected chi connectivity index (χ3v) is 5.16. The number of amides is 2. The molecule has 0 unspecified atom stereocenters. The summed E-state index contributed by atoms with van der Waals surface area (Å²) in [4.78, 5) is 25.3. The zero-order valence-corrected chi connectivity index (χ0v) is 12.8. The summed E-state index contributed by atoms with van der Waals surface area (Å²) in [7, 11) is 0. The van der Waals surface area contributed by atoms with E-state index in [1.807, 2.05) is 11.8 Å². The molecule has 0 atom stereocenters. The summed E-state index contributed by atoms with van der Waals surface area (Å²) in [5.41, 5.74) is -1.13. The molecule has 0 spiro atoms. The number of hydrogen-bond donors (Lipinski definition) is 2. The molecule has 2 amide bonds. The van der Waals surface area contributed by atoms with E-state index in [1.54, 1.807) is 18.7 Å². The molecule has 0 radical (unpaired) electrons. The fourth-order valence-corrected chi connectivity index (χ4v) is 3.04. The first-order valence-corrected chi connectivity index (χ1v) is 8.11. The lowest BCUT2D eigenvalue weighted by molar-refractivity contribution is -0.144. The lowest BCUT2D eigenvalue weighted by Gasteiger charge is -2.35. The van der Waals surface area contributed by atoms with Crippen LogP contribution in [0.3, 0.4) is 0 Å². The number of hydrogen-bond acceptors (Lipinski definition) is 3. The van der Waals surface area contributed by atoms with Crippen molar-refractivity contribution in [3.63, 3.8) is 0 Å². The van der Waals surface area contributed by atoms with Gasteiger partial charge in [-0.15, -0.1) is 0 Å². The summed E-state index contributed by atoms with van der Waals surface area (Å²) in [6.07, 6.45) is 4.83. The van der Waals surface area contributed by atoms with Crippen LogP contribution in [0.4, 0.5) is 4.79 Å². The summed E-state index contributed by atoms with van der Waals surface area (Å²) < 4.78 is 0. The number of carbonyl (C=O) groups excluding carboxylic acids is 1. The quantitative estimate of drug-likeness (QED) is 0.813. The lowest BCUT2D eigenvalue weighted by Crippen LogP contribution is -2.58. The third kappa shape index (κ3) is 3.78. The van der Waals surface area contributed by atoms with Crippen LogP contribution in [0.5, 0.6) is 0 Å². The van der Waals surface area contributed by atoms with Gasteiger partial charge in [-0.1, -0.05) is 13.8 Å². The summed E-state index contributed by atoms with van der Waals surface area (Å²) >= 11 is 1.83. The lowest BCUT2D eigenvalue weighted by atomic mass is 9.93. The average molecular weight is 288 g/mol. The molecule has 1 heterocycles. The topological polar surface area (TPSA) is 69.6 Å². The van der Waals surface area contributed by atoms with Gasteiger partial charge in [0.05, 0.1) is 0 Å². The number of rotatable bonds is 5. The number of thioether (sulfide) groups is 1. The number of likely N-dealkylation sites (tertiary alicyclic amines) is 1. The Morgan fingerprint density at radius 2 is 1.84 bits per heavy atom. The van der Waals surface area contributed by atoms with Crippen LogP contribution in [0, 0.1) is 0 Å². The van der Waals surface area contributed by atoms with Gasteiger partial charge in [-0.05, 0) is 31.9 Å². The maximum Gasteiger partial charge on any atom is 0.329 e. The highest BCUT2D eigenvalue weighted by Gasteiger charge is 2.38. The van der Waals surface area contributed by atoms with Crippen LogP contribution in [-0.2, 0) is 4.79 Å². The molecule has 0 aromatic carbocycles. The summed E-state index contributed by atoms with van der Waals surface area (Å²) in [5.74, 6) is -0.954. The molecule has 0 aromatic rings. The highest BCUT2D eigenvalue weighted by atomic mass is 32.2. The van der Waals surface area contributed by atoms with Crippen molar-refractivity contribution in [1.82, 2.24) is 10.2 Å². The largest absolute Gasteiger partial charge is 0.480 e. The molecule has 19 heavy (non-hydrogen) atoms. The van der Waals surface area contributed by atoms with Crippen molar-refractivity contribution < 1.29 is 14.7 Å². The Labute approximate surface area is 119 Å². The van der Waals surface area contributed by atoms with Crippen LogP contribution in [-0.4, -0.2) is 52.1 Å².